The van der Waals surface area contributed by atoms with Crippen molar-refractivity contribution in [2.24, 2.45) is 0 Å². The summed E-state index contributed by atoms with van der Waals surface area (Å²) < 4.78 is 2.69. The summed E-state index contributed by atoms with van der Waals surface area (Å²) in [7, 11) is 0. The smallest absolute Gasteiger partial charge is 0.332 e. The molecule has 25 heavy (non-hydrogen) atoms. The molecule has 1 aromatic heterocycles. The van der Waals surface area contributed by atoms with Crippen LogP contribution in [0.4, 0.5) is 0 Å². The average Bonchev–Trinajstić information content (AvgIpc) is 3.11. The molecule has 0 saturated heterocycles. The fourth-order valence-electron chi connectivity index (χ4n) is 3.55. The normalized spacial score (nSPS) is 16.2. The SMILES string of the molecule is CCC(C)n1c(=O)c2ccccc2n(CC(=O)NC2CCCC2)c1=O. The van der Waals surface area contributed by atoms with E-state index < -0.39 is 5.69 Å². The summed E-state index contributed by atoms with van der Waals surface area (Å²) >= 11 is 0. The van der Waals surface area contributed by atoms with Crippen molar-refractivity contribution in [2.45, 2.75) is 64.6 Å². The molecule has 0 radical (unpaired) electrons. The summed E-state index contributed by atoms with van der Waals surface area (Å²) in [5.41, 5.74) is -0.194. The van der Waals surface area contributed by atoms with Crippen molar-refractivity contribution in [1.29, 1.82) is 0 Å². The van der Waals surface area contributed by atoms with Crippen LogP contribution >= 0.6 is 0 Å². The van der Waals surface area contributed by atoms with Gasteiger partial charge in [0.2, 0.25) is 5.91 Å². The van der Waals surface area contributed by atoms with E-state index in [2.05, 4.69) is 5.32 Å². The van der Waals surface area contributed by atoms with Crippen LogP contribution < -0.4 is 16.6 Å². The predicted molar refractivity (Wildman–Crippen MR) is 97.9 cm³/mol. The topological polar surface area (TPSA) is 73.1 Å². The minimum absolute atomic E-state index is 0.0629. The van der Waals surface area contributed by atoms with E-state index >= 15 is 0 Å². The van der Waals surface area contributed by atoms with E-state index in [0.29, 0.717) is 17.3 Å². The Morgan fingerprint density at radius 2 is 1.92 bits per heavy atom. The van der Waals surface area contributed by atoms with Crippen LogP contribution in [0.5, 0.6) is 0 Å². The second kappa shape index (κ2) is 7.25. The Hall–Kier alpha value is -2.37. The number of aromatic nitrogens is 2. The van der Waals surface area contributed by atoms with E-state index in [9.17, 15) is 14.4 Å². The van der Waals surface area contributed by atoms with Gasteiger partial charge in [-0.25, -0.2) is 4.79 Å². The summed E-state index contributed by atoms with van der Waals surface area (Å²) in [6, 6.07) is 6.98. The zero-order valence-corrected chi connectivity index (χ0v) is 14.8. The highest BCUT2D eigenvalue weighted by Gasteiger charge is 2.20. The summed E-state index contributed by atoms with van der Waals surface area (Å²) in [5.74, 6) is -0.173. The van der Waals surface area contributed by atoms with E-state index in [1.54, 1.807) is 24.3 Å². The second-order valence-electron chi connectivity index (χ2n) is 6.87. The number of nitrogens with one attached hydrogen (secondary N) is 1. The van der Waals surface area contributed by atoms with E-state index in [1.807, 2.05) is 13.8 Å². The summed E-state index contributed by atoms with van der Waals surface area (Å²) in [4.78, 5) is 38.1. The van der Waals surface area contributed by atoms with E-state index in [1.165, 1.54) is 9.13 Å². The lowest BCUT2D eigenvalue weighted by atomic mass is 10.2. The van der Waals surface area contributed by atoms with Crippen LogP contribution in [-0.4, -0.2) is 21.1 Å². The third-order valence-electron chi connectivity index (χ3n) is 5.13. The molecule has 134 valence electrons. The molecule has 6 nitrogen and oxygen atoms in total. The third-order valence-corrected chi connectivity index (χ3v) is 5.13. The summed E-state index contributed by atoms with van der Waals surface area (Å²) in [5, 5.41) is 3.48. The number of nitrogens with zero attached hydrogens (tertiary/aromatic N) is 2. The Balaban J connectivity index is 2.05. The number of carbonyl (C=O) groups excluding carboxylic acids is 1. The number of fused-ring (bicyclic) bond motifs is 1. The molecule has 1 saturated carbocycles. The molecule has 1 fully saturated rings. The Labute approximate surface area is 146 Å². The number of hydrogen-bond donors (Lipinski definition) is 1. The van der Waals surface area contributed by atoms with Gasteiger partial charge in [0, 0.05) is 12.1 Å². The quantitative estimate of drug-likeness (QED) is 0.904. The highest BCUT2D eigenvalue weighted by atomic mass is 16.2. The molecule has 1 N–H and O–H groups in total. The molecule has 2 aromatic rings. The molecule has 6 heteroatoms. The lowest BCUT2D eigenvalue weighted by Crippen LogP contribution is -2.44. The number of rotatable bonds is 5. The van der Waals surface area contributed by atoms with Crippen molar-refractivity contribution in [3.63, 3.8) is 0 Å². The van der Waals surface area contributed by atoms with Crippen molar-refractivity contribution in [1.82, 2.24) is 14.5 Å². The third kappa shape index (κ3) is 3.38. The monoisotopic (exact) mass is 343 g/mol. The molecular formula is C19H25N3O3. The first kappa shape index (κ1) is 17.5. The number of para-hydroxylation sites is 1. The fraction of sp³-hybridized carbons (Fsp3) is 0.526. The van der Waals surface area contributed by atoms with Gasteiger partial charge in [-0.15, -0.1) is 0 Å². The van der Waals surface area contributed by atoms with Gasteiger partial charge in [-0.3, -0.25) is 18.7 Å². The average molecular weight is 343 g/mol. The Bertz CT molecular complexity index is 891. The van der Waals surface area contributed by atoms with Gasteiger partial charge < -0.3 is 5.32 Å². The van der Waals surface area contributed by atoms with Crippen molar-refractivity contribution >= 4 is 16.8 Å². The molecular weight excluding hydrogens is 318 g/mol. The second-order valence-corrected chi connectivity index (χ2v) is 6.87. The number of carbonyl (C=O) groups is 1. The van der Waals surface area contributed by atoms with Crippen LogP contribution in [-0.2, 0) is 11.3 Å². The maximum absolute atomic E-state index is 12.9. The van der Waals surface area contributed by atoms with Gasteiger partial charge in [0.15, 0.2) is 0 Å². The van der Waals surface area contributed by atoms with Gasteiger partial charge in [-0.1, -0.05) is 31.9 Å². The number of benzene rings is 1. The standard InChI is InChI=1S/C19H25N3O3/c1-3-13(2)22-18(24)15-10-6-7-11-16(15)21(19(22)25)12-17(23)20-14-8-4-5-9-14/h6-7,10-11,13-14H,3-5,8-9,12H2,1-2H3,(H,20,23). The molecule has 3 rings (SSSR count). The van der Waals surface area contributed by atoms with Gasteiger partial charge in [0.05, 0.1) is 10.9 Å². The van der Waals surface area contributed by atoms with Gasteiger partial charge in [-0.05, 0) is 38.3 Å². The Morgan fingerprint density at radius 3 is 2.60 bits per heavy atom. The van der Waals surface area contributed by atoms with Crippen LogP contribution in [0.25, 0.3) is 10.9 Å². The van der Waals surface area contributed by atoms with Crippen molar-refractivity contribution in [3.8, 4) is 0 Å². The van der Waals surface area contributed by atoms with Gasteiger partial charge in [0.25, 0.3) is 5.56 Å². The maximum Gasteiger partial charge on any atom is 0.332 e. The highest BCUT2D eigenvalue weighted by molar-refractivity contribution is 5.81. The number of amides is 1. The Morgan fingerprint density at radius 1 is 1.24 bits per heavy atom. The lowest BCUT2D eigenvalue weighted by molar-refractivity contribution is -0.122. The first-order valence-electron chi connectivity index (χ1n) is 9.06. The Kier molecular flexibility index (Phi) is 5.06. The van der Waals surface area contributed by atoms with Gasteiger partial charge in [0.1, 0.15) is 6.54 Å². The molecule has 1 aliphatic rings. The highest BCUT2D eigenvalue weighted by Crippen LogP contribution is 2.17. The van der Waals surface area contributed by atoms with E-state index in [0.717, 1.165) is 25.7 Å². The van der Waals surface area contributed by atoms with Crippen molar-refractivity contribution < 1.29 is 4.79 Å². The molecule has 1 atom stereocenters. The molecule has 1 amide bonds. The van der Waals surface area contributed by atoms with E-state index in [4.69, 9.17) is 0 Å². The molecule has 1 heterocycles. The van der Waals surface area contributed by atoms with Crippen LogP contribution in [0.3, 0.4) is 0 Å². The lowest BCUT2D eigenvalue weighted by Gasteiger charge is -2.18. The van der Waals surface area contributed by atoms with Gasteiger partial charge >= 0.3 is 5.69 Å². The largest absolute Gasteiger partial charge is 0.352 e. The van der Waals surface area contributed by atoms with E-state index in [-0.39, 0.29) is 30.1 Å². The first-order chi connectivity index (χ1) is 12.0. The fourth-order valence-corrected chi connectivity index (χ4v) is 3.55. The van der Waals surface area contributed by atoms with Gasteiger partial charge in [-0.2, -0.15) is 0 Å². The van der Waals surface area contributed by atoms with Crippen molar-refractivity contribution in [3.05, 3.63) is 45.1 Å². The zero-order chi connectivity index (χ0) is 18.0. The van der Waals surface area contributed by atoms with Crippen LogP contribution in [0, 0.1) is 0 Å². The molecule has 1 unspecified atom stereocenters. The molecule has 0 spiro atoms. The van der Waals surface area contributed by atoms with Crippen LogP contribution in [0.15, 0.2) is 33.9 Å². The minimum Gasteiger partial charge on any atom is -0.352 e. The zero-order valence-electron chi connectivity index (χ0n) is 14.8. The molecule has 1 aliphatic carbocycles. The van der Waals surface area contributed by atoms with Crippen molar-refractivity contribution in [2.75, 3.05) is 0 Å². The molecule has 1 aromatic carbocycles. The molecule has 0 bridgehead atoms. The van der Waals surface area contributed by atoms with Crippen LogP contribution in [0.1, 0.15) is 52.0 Å². The molecule has 0 aliphatic heterocycles. The van der Waals surface area contributed by atoms with Crippen LogP contribution in [0.2, 0.25) is 0 Å². The number of hydrogen-bond acceptors (Lipinski definition) is 3. The maximum atomic E-state index is 12.9. The summed E-state index contributed by atoms with van der Waals surface area (Å²) in [6.45, 7) is 3.72. The minimum atomic E-state index is -0.417. The summed E-state index contributed by atoms with van der Waals surface area (Å²) in [6.07, 6.45) is 4.92. The predicted octanol–water partition coefficient (Wildman–Crippen LogP) is 2.19. The first-order valence-corrected chi connectivity index (χ1v) is 9.06.